The van der Waals surface area contributed by atoms with Crippen molar-refractivity contribution >= 4 is 11.6 Å². The van der Waals surface area contributed by atoms with Crippen molar-refractivity contribution in [3.63, 3.8) is 0 Å². The third-order valence-electron chi connectivity index (χ3n) is 4.70. The number of ether oxygens (including phenoxy) is 4. The minimum atomic E-state index is -0.210. The summed E-state index contributed by atoms with van der Waals surface area (Å²) in [4.78, 5) is 2.39. The Morgan fingerprint density at radius 2 is 1.81 bits per heavy atom. The molecule has 0 aliphatic carbocycles. The molecule has 0 bridgehead atoms. The van der Waals surface area contributed by atoms with E-state index in [1.165, 1.54) is 0 Å². The molecule has 3 rings (SSSR count). The van der Waals surface area contributed by atoms with Gasteiger partial charge < -0.3 is 18.9 Å². The molecule has 1 heterocycles. The molecule has 1 fully saturated rings. The van der Waals surface area contributed by atoms with Gasteiger partial charge in [0.15, 0.2) is 0 Å². The predicted molar refractivity (Wildman–Crippen MR) is 106 cm³/mol. The summed E-state index contributed by atoms with van der Waals surface area (Å²) in [5, 5.41) is 0.593. The van der Waals surface area contributed by atoms with Crippen molar-refractivity contribution in [2.45, 2.75) is 12.5 Å². The van der Waals surface area contributed by atoms with E-state index in [1.807, 2.05) is 42.5 Å². The fourth-order valence-electron chi connectivity index (χ4n) is 3.19. The highest BCUT2D eigenvalue weighted by atomic mass is 35.5. The van der Waals surface area contributed by atoms with E-state index in [0.717, 1.165) is 56.3 Å². The second-order valence-corrected chi connectivity index (χ2v) is 6.79. The second kappa shape index (κ2) is 9.83. The normalized spacial score (nSPS) is 16.0. The Balaban J connectivity index is 1.85. The maximum absolute atomic E-state index is 6.34. The first kappa shape index (κ1) is 19.8. The number of benzene rings is 2. The van der Waals surface area contributed by atoms with E-state index in [1.54, 1.807) is 14.2 Å². The number of para-hydroxylation sites is 1. The van der Waals surface area contributed by atoms with E-state index in [4.69, 9.17) is 30.5 Å². The summed E-state index contributed by atoms with van der Waals surface area (Å²) in [6, 6.07) is 13.3. The molecule has 2 aromatic carbocycles. The molecule has 146 valence electrons. The number of morpholine rings is 1. The smallest absolute Gasteiger partial charge is 0.138 e. The van der Waals surface area contributed by atoms with Crippen LogP contribution in [0, 0.1) is 0 Å². The lowest BCUT2D eigenvalue weighted by Gasteiger charge is -2.29. The fraction of sp³-hybridized carbons (Fsp3) is 0.429. The van der Waals surface area contributed by atoms with Gasteiger partial charge in [-0.05, 0) is 30.3 Å². The van der Waals surface area contributed by atoms with Crippen LogP contribution in [0.1, 0.15) is 18.1 Å². The molecule has 0 amide bonds. The molecule has 0 aromatic heterocycles. The highest BCUT2D eigenvalue weighted by Gasteiger charge is 2.22. The minimum Gasteiger partial charge on any atom is -0.497 e. The van der Waals surface area contributed by atoms with Crippen LogP contribution < -0.4 is 14.2 Å². The molecule has 6 heteroatoms. The fourth-order valence-corrected chi connectivity index (χ4v) is 3.37. The zero-order valence-corrected chi connectivity index (χ0v) is 16.6. The summed E-state index contributed by atoms with van der Waals surface area (Å²) in [5.41, 5.74) is 0.949. The molecule has 1 unspecified atom stereocenters. The van der Waals surface area contributed by atoms with Gasteiger partial charge in [-0.25, -0.2) is 0 Å². The molecule has 1 saturated heterocycles. The van der Waals surface area contributed by atoms with Crippen LogP contribution >= 0.6 is 11.6 Å². The Morgan fingerprint density at radius 3 is 2.52 bits per heavy atom. The van der Waals surface area contributed by atoms with Crippen LogP contribution in [-0.2, 0) is 4.74 Å². The number of hydrogen-bond acceptors (Lipinski definition) is 5. The Morgan fingerprint density at radius 1 is 1.04 bits per heavy atom. The monoisotopic (exact) mass is 391 g/mol. The van der Waals surface area contributed by atoms with Gasteiger partial charge in [0.1, 0.15) is 23.4 Å². The van der Waals surface area contributed by atoms with Crippen LogP contribution in [-0.4, -0.2) is 52.0 Å². The van der Waals surface area contributed by atoms with E-state index in [0.29, 0.717) is 10.8 Å². The summed E-state index contributed by atoms with van der Waals surface area (Å²) in [7, 11) is 3.32. The Kier molecular flexibility index (Phi) is 7.21. The maximum atomic E-state index is 6.34. The number of hydrogen-bond donors (Lipinski definition) is 0. The number of rotatable bonds is 8. The van der Waals surface area contributed by atoms with Crippen LogP contribution in [0.25, 0.3) is 0 Å². The van der Waals surface area contributed by atoms with Crippen LogP contribution in [0.5, 0.6) is 17.2 Å². The average Bonchev–Trinajstić information content (AvgIpc) is 2.72. The van der Waals surface area contributed by atoms with Crippen LogP contribution in [0.4, 0.5) is 0 Å². The van der Waals surface area contributed by atoms with Crippen molar-refractivity contribution in [2.24, 2.45) is 0 Å². The molecule has 5 nitrogen and oxygen atoms in total. The van der Waals surface area contributed by atoms with E-state index in [2.05, 4.69) is 4.90 Å². The van der Waals surface area contributed by atoms with Gasteiger partial charge >= 0.3 is 0 Å². The highest BCUT2D eigenvalue weighted by molar-refractivity contribution is 6.32. The van der Waals surface area contributed by atoms with E-state index in [-0.39, 0.29) is 6.10 Å². The van der Waals surface area contributed by atoms with Crippen molar-refractivity contribution in [3.8, 4) is 17.2 Å². The summed E-state index contributed by atoms with van der Waals surface area (Å²) >= 11 is 6.33. The predicted octanol–water partition coefficient (Wildman–Crippen LogP) is 4.20. The molecule has 0 saturated carbocycles. The molecular weight excluding hydrogens is 366 g/mol. The van der Waals surface area contributed by atoms with Gasteiger partial charge in [-0.3, -0.25) is 4.90 Å². The average molecular weight is 392 g/mol. The third kappa shape index (κ3) is 5.28. The van der Waals surface area contributed by atoms with Gasteiger partial charge in [0.05, 0.1) is 32.5 Å². The zero-order chi connectivity index (χ0) is 19.1. The molecule has 0 radical (unpaired) electrons. The highest BCUT2D eigenvalue weighted by Crippen LogP contribution is 2.36. The zero-order valence-electron chi connectivity index (χ0n) is 15.8. The summed E-state index contributed by atoms with van der Waals surface area (Å²) in [6.07, 6.45) is 0.590. The molecule has 2 aromatic rings. The van der Waals surface area contributed by atoms with E-state index < -0.39 is 0 Å². The van der Waals surface area contributed by atoms with Gasteiger partial charge in [0.2, 0.25) is 0 Å². The lowest BCUT2D eigenvalue weighted by atomic mass is 10.0. The molecule has 1 atom stereocenters. The number of methoxy groups -OCH3 is 2. The number of nitrogens with zero attached hydrogens (tertiary/aromatic N) is 1. The molecule has 0 spiro atoms. The summed E-state index contributed by atoms with van der Waals surface area (Å²) in [6.45, 7) is 4.33. The number of halogens is 1. The van der Waals surface area contributed by atoms with Crippen molar-refractivity contribution in [1.29, 1.82) is 0 Å². The SMILES string of the molecule is COc1ccc(OC)c(C(CCN2CCOCC2)Oc2ccccc2Cl)c1. The third-order valence-corrected chi connectivity index (χ3v) is 5.01. The van der Waals surface area contributed by atoms with Crippen molar-refractivity contribution < 1.29 is 18.9 Å². The van der Waals surface area contributed by atoms with Crippen molar-refractivity contribution in [2.75, 3.05) is 47.1 Å². The van der Waals surface area contributed by atoms with Crippen LogP contribution in [0.15, 0.2) is 42.5 Å². The van der Waals surface area contributed by atoms with Gasteiger partial charge in [0, 0.05) is 31.6 Å². The first-order valence-corrected chi connectivity index (χ1v) is 9.52. The van der Waals surface area contributed by atoms with Crippen LogP contribution in [0.3, 0.4) is 0 Å². The largest absolute Gasteiger partial charge is 0.497 e. The quantitative estimate of drug-likeness (QED) is 0.674. The molecule has 27 heavy (non-hydrogen) atoms. The molecule has 1 aliphatic rings. The van der Waals surface area contributed by atoms with Crippen LogP contribution in [0.2, 0.25) is 5.02 Å². The minimum absolute atomic E-state index is 0.210. The Bertz CT molecular complexity index is 734. The summed E-state index contributed by atoms with van der Waals surface area (Å²) < 4.78 is 22.8. The van der Waals surface area contributed by atoms with Crippen molar-refractivity contribution in [1.82, 2.24) is 4.90 Å². The standard InChI is InChI=1S/C21H26ClNO4/c1-24-16-7-8-19(25-2)17(15-16)20(9-10-23-11-13-26-14-12-23)27-21-6-4-3-5-18(21)22/h3-8,15,20H,9-14H2,1-2H3. The topological polar surface area (TPSA) is 40.2 Å². The van der Waals surface area contributed by atoms with Crippen molar-refractivity contribution in [3.05, 3.63) is 53.1 Å². The lowest BCUT2D eigenvalue weighted by Crippen LogP contribution is -2.37. The van der Waals surface area contributed by atoms with E-state index >= 15 is 0 Å². The maximum Gasteiger partial charge on any atom is 0.138 e. The summed E-state index contributed by atoms with van der Waals surface area (Å²) in [5.74, 6) is 2.20. The van der Waals surface area contributed by atoms with Gasteiger partial charge in [-0.2, -0.15) is 0 Å². The van der Waals surface area contributed by atoms with Gasteiger partial charge in [-0.1, -0.05) is 23.7 Å². The molecule has 0 N–H and O–H groups in total. The Hall–Kier alpha value is -1.95. The molecular formula is C21H26ClNO4. The lowest BCUT2D eigenvalue weighted by molar-refractivity contribution is 0.0316. The first-order valence-electron chi connectivity index (χ1n) is 9.14. The van der Waals surface area contributed by atoms with E-state index in [9.17, 15) is 0 Å². The molecule has 1 aliphatic heterocycles. The van der Waals surface area contributed by atoms with Gasteiger partial charge in [-0.15, -0.1) is 0 Å². The van der Waals surface area contributed by atoms with Gasteiger partial charge in [0.25, 0.3) is 0 Å². The second-order valence-electron chi connectivity index (χ2n) is 6.39. The first-order chi connectivity index (χ1) is 13.2. The Labute approximate surface area is 165 Å².